The number of carbonyl (C=O) groups excluding carboxylic acids is 1. The lowest BCUT2D eigenvalue weighted by Crippen LogP contribution is -2.41. The topological polar surface area (TPSA) is 70.8 Å². The van der Waals surface area contributed by atoms with Gasteiger partial charge in [0.15, 0.2) is 0 Å². The van der Waals surface area contributed by atoms with Crippen LogP contribution >= 0.6 is 0 Å². The average molecular weight is 327 g/mol. The van der Waals surface area contributed by atoms with Crippen LogP contribution in [-0.2, 0) is 20.7 Å². The van der Waals surface area contributed by atoms with E-state index in [1.165, 1.54) is 12.1 Å². The highest BCUT2D eigenvalue weighted by atomic mass is 19.3. The van der Waals surface area contributed by atoms with Gasteiger partial charge in [-0.05, 0) is 38.7 Å². The standard InChI is InChI=1S/C15H20BF2NO4/c1-14(2)15(3,4)23-16(22-14)10-6-5-9(8-21-13(19)20)11(7-10)12(17)18/h5-7,12H,8H2,1-4H3,(H2,19,20). The van der Waals surface area contributed by atoms with Crippen molar-refractivity contribution in [3.05, 3.63) is 29.3 Å². The Kier molecular flexibility index (Phi) is 4.68. The lowest BCUT2D eigenvalue weighted by Gasteiger charge is -2.32. The van der Waals surface area contributed by atoms with E-state index in [2.05, 4.69) is 4.74 Å². The molecule has 0 aromatic heterocycles. The van der Waals surface area contributed by atoms with Crippen LogP contribution in [0.3, 0.4) is 0 Å². The van der Waals surface area contributed by atoms with Crippen LogP contribution < -0.4 is 11.2 Å². The van der Waals surface area contributed by atoms with E-state index >= 15 is 0 Å². The Labute approximate surface area is 134 Å². The van der Waals surface area contributed by atoms with Crippen molar-refractivity contribution in [3.8, 4) is 0 Å². The van der Waals surface area contributed by atoms with Gasteiger partial charge in [0.2, 0.25) is 0 Å². The fraction of sp³-hybridized carbons (Fsp3) is 0.533. The maximum atomic E-state index is 13.3. The number of primary amides is 1. The summed E-state index contributed by atoms with van der Waals surface area (Å²) in [5.41, 5.74) is 4.19. The predicted octanol–water partition coefficient (Wildman–Crippen LogP) is 2.52. The van der Waals surface area contributed by atoms with Crippen molar-refractivity contribution < 1.29 is 27.6 Å². The van der Waals surface area contributed by atoms with Gasteiger partial charge in [-0.15, -0.1) is 0 Å². The molecule has 0 atom stereocenters. The Hall–Kier alpha value is -1.67. The molecule has 0 spiro atoms. The van der Waals surface area contributed by atoms with Crippen molar-refractivity contribution in [1.82, 2.24) is 0 Å². The molecule has 0 bridgehead atoms. The summed E-state index contributed by atoms with van der Waals surface area (Å²) in [6.07, 6.45) is -3.73. The fourth-order valence-corrected chi connectivity index (χ4v) is 2.22. The first-order chi connectivity index (χ1) is 10.5. The number of rotatable bonds is 4. The van der Waals surface area contributed by atoms with E-state index in [-0.39, 0.29) is 17.7 Å². The van der Waals surface area contributed by atoms with E-state index in [9.17, 15) is 13.6 Å². The third-order valence-electron chi connectivity index (χ3n) is 4.30. The molecular weight excluding hydrogens is 307 g/mol. The van der Waals surface area contributed by atoms with Crippen LogP contribution in [0.25, 0.3) is 0 Å². The van der Waals surface area contributed by atoms with Crippen LogP contribution in [0.15, 0.2) is 18.2 Å². The third kappa shape index (κ3) is 3.64. The van der Waals surface area contributed by atoms with Crippen molar-refractivity contribution in [3.63, 3.8) is 0 Å². The van der Waals surface area contributed by atoms with Gasteiger partial charge in [0.25, 0.3) is 6.43 Å². The number of benzene rings is 1. The molecule has 1 fully saturated rings. The lowest BCUT2D eigenvalue weighted by molar-refractivity contribution is 0.00578. The van der Waals surface area contributed by atoms with Crippen LogP contribution in [-0.4, -0.2) is 24.4 Å². The monoisotopic (exact) mass is 327 g/mol. The van der Waals surface area contributed by atoms with E-state index < -0.39 is 30.8 Å². The molecule has 1 heterocycles. The van der Waals surface area contributed by atoms with Gasteiger partial charge in [-0.25, -0.2) is 13.6 Å². The summed E-state index contributed by atoms with van der Waals surface area (Å²) >= 11 is 0. The minimum atomic E-state index is -2.72. The zero-order chi connectivity index (χ0) is 17.4. The molecule has 2 N–H and O–H groups in total. The van der Waals surface area contributed by atoms with E-state index in [0.717, 1.165) is 0 Å². The van der Waals surface area contributed by atoms with Crippen LogP contribution in [0, 0.1) is 0 Å². The summed E-state index contributed by atoms with van der Waals surface area (Å²) < 4.78 is 42.8. The predicted molar refractivity (Wildman–Crippen MR) is 81.5 cm³/mol. The van der Waals surface area contributed by atoms with Gasteiger partial charge in [0.1, 0.15) is 6.61 Å². The molecule has 1 aliphatic rings. The quantitative estimate of drug-likeness (QED) is 0.863. The molecule has 5 nitrogen and oxygen atoms in total. The summed E-state index contributed by atoms with van der Waals surface area (Å²) in [6.45, 7) is 7.23. The Bertz CT molecular complexity index is 591. The summed E-state index contributed by atoms with van der Waals surface area (Å²) in [6, 6.07) is 4.39. The smallest absolute Gasteiger partial charge is 0.445 e. The molecule has 126 valence electrons. The fourth-order valence-electron chi connectivity index (χ4n) is 2.22. The Morgan fingerprint density at radius 3 is 2.30 bits per heavy atom. The largest absolute Gasteiger partial charge is 0.494 e. The van der Waals surface area contributed by atoms with Crippen LogP contribution in [0.4, 0.5) is 13.6 Å². The van der Waals surface area contributed by atoms with E-state index in [1.807, 2.05) is 27.7 Å². The van der Waals surface area contributed by atoms with Crippen LogP contribution in [0.1, 0.15) is 45.2 Å². The number of carbonyl (C=O) groups is 1. The molecule has 1 aliphatic heterocycles. The number of alkyl halides is 2. The Balaban J connectivity index is 2.28. The number of nitrogens with two attached hydrogens (primary N) is 1. The number of halogens is 2. The second kappa shape index (κ2) is 6.09. The van der Waals surface area contributed by atoms with Crippen molar-refractivity contribution in [1.29, 1.82) is 0 Å². The minimum absolute atomic E-state index is 0.194. The summed E-state index contributed by atoms with van der Waals surface area (Å²) in [5.74, 6) is 0. The Morgan fingerprint density at radius 2 is 1.83 bits per heavy atom. The number of hydrogen-bond donors (Lipinski definition) is 1. The first kappa shape index (κ1) is 17.7. The van der Waals surface area contributed by atoms with Gasteiger partial charge in [0.05, 0.1) is 11.2 Å². The maximum Gasteiger partial charge on any atom is 0.494 e. The molecular formula is C15H20BF2NO4. The second-order valence-electron chi connectivity index (χ2n) is 6.45. The molecule has 0 saturated carbocycles. The van der Waals surface area contributed by atoms with Crippen LogP contribution in [0.5, 0.6) is 0 Å². The number of ether oxygens (including phenoxy) is 1. The lowest BCUT2D eigenvalue weighted by atomic mass is 9.77. The van der Waals surface area contributed by atoms with Crippen molar-refractivity contribution in [2.24, 2.45) is 5.73 Å². The first-order valence-corrected chi connectivity index (χ1v) is 7.22. The summed E-state index contributed by atoms with van der Waals surface area (Å²) in [4.78, 5) is 10.6. The highest BCUT2D eigenvalue weighted by molar-refractivity contribution is 6.62. The van der Waals surface area contributed by atoms with Crippen molar-refractivity contribution >= 4 is 18.7 Å². The van der Waals surface area contributed by atoms with E-state index in [0.29, 0.717) is 5.46 Å². The molecule has 0 aliphatic carbocycles. The minimum Gasteiger partial charge on any atom is -0.445 e. The molecule has 1 aromatic rings. The summed E-state index contributed by atoms with van der Waals surface area (Å²) in [5, 5.41) is 0. The molecule has 1 saturated heterocycles. The molecule has 2 rings (SSSR count). The first-order valence-electron chi connectivity index (χ1n) is 7.22. The molecule has 8 heteroatoms. The van der Waals surface area contributed by atoms with Gasteiger partial charge < -0.3 is 19.8 Å². The molecule has 0 unspecified atom stereocenters. The number of amides is 1. The maximum absolute atomic E-state index is 13.3. The Morgan fingerprint density at radius 1 is 1.26 bits per heavy atom. The summed E-state index contributed by atoms with van der Waals surface area (Å²) in [7, 11) is -0.733. The van der Waals surface area contributed by atoms with Gasteiger partial charge in [-0.3, -0.25) is 0 Å². The molecule has 0 radical (unpaired) electrons. The zero-order valence-electron chi connectivity index (χ0n) is 13.6. The second-order valence-corrected chi connectivity index (χ2v) is 6.45. The van der Waals surface area contributed by atoms with Gasteiger partial charge in [-0.1, -0.05) is 18.2 Å². The zero-order valence-corrected chi connectivity index (χ0v) is 13.6. The SMILES string of the molecule is CC1(C)OB(c2ccc(COC(N)=O)c(C(F)F)c2)OC1(C)C. The van der Waals surface area contributed by atoms with Gasteiger partial charge in [0, 0.05) is 5.56 Å². The number of hydrogen-bond acceptors (Lipinski definition) is 4. The van der Waals surface area contributed by atoms with Crippen molar-refractivity contribution in [2.45, 2.75) is 51.9 Å². The third-order valence-corrected chi connectivity index (χ3v) is 4.30. The molecule has 23 heavy (non-hydrogen) atoms. The van der Waals surface area contributed by atoms with E-state index in [4.69, 9.17) is 15.0 Å². The van der Waals surface area contributed by atoms with Crippen LogP contribution in [0.2, 0.25) is 0 Å². The van der Waals surface area contributed by atoms with Gasteiger partial charge in [-0.2, -0.15) is 0 Å². The molecule has 1 aromatic carbocycles. The van der Waals surface area contributed by atoms with Crippen molar-refractivity contribution in [2.75, 3.05) is 0 Å². The normalized spacial score (nSPS) is 19.2. The highest BCUT2D eigenvalue weighted by Crippen LogP contribution is 2.36. The highest BCUT2D eigenvalue weighted by Gasteiger charge is 2.51. The van der Waals surface area contributed by atoms with Gasteiger partial charge >= 0.3 is 13.2 Å². The molecule has 1 amide bonds. The van der Waals surface area contributed by atoms with E-state index in [1.54, 1.807) is 6.07 Å². The average Bonchev–Trinajstić information content (AvgIpc) is 2.64.